The van der Waals surface area contributed by atoms with Gasteiger partial charge in [0.05, 0.1) is 11.6 Å². The van der Waals surface area contributed by atoms with Crippen LogP contribution in [0.3, 0.4) is 0 Å². The van der Waals surface area contributed by atoms with E-state index in [0.29, 0.717) is 28.2 Å². The summed E-state index contributed by atoms with van der Waals surface area (Å²) in [4.78, 5) is 26.7. The SMILES string of the molecule is Cc1nc(C(C)(O)C#Cc2ccc3c(C(=O)N4CC(O)C4)nn(-c4ccnc(N)n4)c3c2)no1. The number of aryl methyl sites for hydroxylation is 1. The summed E-state index contributed by atoms with van der Waals surface area (Å²) in [5, 5.41) is 29.0. The lowest BCUT2D eigenvalue weighted by Gasteiger charge is -2.35. The number of rotatable bonds is 3. The number of fused-ring (bicyclic) bond motifs is 1. The Kier molecular flexibility index (Phi) is 5.00. The summed E-state index contributed by atoms with van der Waals surface area (Å²) < 4.78 is 6.41. The fraction of sp³-hybridized carbons (Fsp3) is 0.273. The fourth-order valence-corrected chi connectivity index (χ4v) is 3.52. The lowest BCUT2D eigenvalue weighted by molar-refractivity contribution is 0.00560. The van der Waals surface area contributed by atoms with Crippen molar-refractivity contribution in [3.05, 3.63) is 53.4 Å². The van der Waals surface area contributed by atoms with Crippen molar-refractivity contribution in [3.8, 4) is 17.7 Å². The van der Waals surface area contributed by atoms with E-state index in [9.17, 15) is 15.0 Å². The van der Waals surface area contributed by atoms with E-state index in [2.05, 4.69) is 37.0 Å². The molecule has 4 aromatic rings. The molecular weight excluding hydrogens is 440 g/mol. The van der Waals surface area contributed by atoms with Crippen LogP contribution in [0.4, 0.5) is 5.95 Å². The molecule has 0 bridgehead atoms. The van der Waals surface area contributed by atoms with Crippen LogP contribution in [-0.2, 0) is 5.60 Å². The predicted molar refractivity (Wildman–Crippen MR) is 118 cm³/mol. The molecule has 3 aromatic heterocycles. The van der Waals surface area contributed by atoms with E-state index in [1.807, 2.05) is 0 Å². The first kappa shape index (κ1) is 21.5. The van der Waals surface area contributed by atoms with Crippen LogP contribution in [0.25, 0.3) is 16.7 Å². The number of anilines is 1. The number of aliphatic hydroxyl groups excluding tert-OH is 1. The highest BCUT2D eigenvalue weighted by atomic mass is 16.5. The van der Waals surface area contributed by atoms with Gasteiger partial charge in [-0.15, -0.1) is 0 Å². The van der Waals surface area contributed by atoms with Crippen LogP contribution in [0.1, 0.15) is 34.7 Å². The maximum Gasteiger partial charge on any atom is 0.275 e. The largest absolute Gasteiger partial charge is 0.389 e. The molecule has 0 radical (unpaired) electrons. The molecular formula is C22H20N8O4. The fourth-order valence-electron chi connectivity index (χ4n) is 3.52. The van der Waals surface area contributed by atoms with Gasteiger partial charge in [-0.3, -0.25) is 4.79 Å². The average Bonchev–Trinajstić information content (AvgIpc) is 3.39. The Morgan fingerprint density at radius 2 is 2.09 bits per heavy atom. The summed E-state index contributed by atoms with van der Waals surface area (Å²) >= 11 is 0. The Bertz CT molecular complexity index is 1470. The van der Waals surface area contributed by atoms with Crippen LogP contribution in [0, 0.1) is 18.8 Å². The molecule has 1 atom stereocenters. The number of β-amino-alcohol motifs (C(OH)–C–C–N with tert-alkyl or cyclic N) is 1. The van der Waals surface area contributed by atoms with Crippen LogP contribution in [-0.4, -0.2) is 70.1 Å². The quantitative estimate of drug-likeness (QED) is 0.358. The van der Waals surface area contributed by atoms with Gasteiger partial charge >= 0.3 is 0 Å². The minimum Gasteiger partial charge on any atom is -0.389 e. The molecule has 1 aliphatic rings. The van der Waals surface area contributed by atoms with E-state index in [1.54, 1.807) is 31.2 Å². The summed E-state index contributed by atoms with van der Waals surface area (Å²) in [6.45, 7) is 3.59. The maximum absolute atomic E-state index is 13.0. The second-order valence-corrected chi connectivity index (χ2v) is 8.09. The maximum atomic E-state index is 13.0. The predicted octanol–water partition coefficient (Wildman–Crippen LogP) is 0.165. The number of carbonyl (C=O) groups excluding carboxylic acids is 1. The lowest BCUT2D eigenvalue weighted by Crippen LogP contribution is -2.53. The number of hydrogen-bond donors (Lipinski definition) is 3. The van der Waals surface area contributed by atoms with Crippen LogP contribution < -0.4 is 5.73 Å². The zero-order chi connectivity index (χ0) is 24.0. The molecule has 172 valence electrons. The minimum absolute atomic E-state index is 0.0577. The lowest BCUT2D eigenvalue weighted by atomic mass is 10.1. The molecule has 4 N–H and O–H groups in total. The number of hydrogen-bond acceptors (Lipinski definition) is 10. The molecule has 5 rings (SSSR count). The van der Waals surface area contributed by atoms with E-state index in [-0.39, 0.29) is 36.5 Å². The molecule has 0 saturated carbocycles. The minimum atomic E-state index is -1.63. The Morgan fingerprint density at radius 1 is 1.29 bits per heavy atom. The van der Waals surface area contributed by atoms with Gasteiger partial charge in [0.25, 0.3) is 5.91 Å². The molecule has 1 fully saturated rings. The van der Waals surface area contributed by atoms with Gasteiger partial charge in [0.1, 0.15) is 0 Å². The number of nitrogens with two attached hydrogens (primary N) is 1. The zero-order valence-corrected chi connectivity index (χ0v) is 18.3. The first-order chi connectivity index (χ1) is 16.2. The third-order valence-electron chi connectivity index (χ3n) is 5.32. The highest BCUT2D eigenvalue weighted by molar-refractivity contribution is 6.05. The van der Waals surface area contributed by atoms with Gasteiger partial charge in [0.15, 0.2) is 17.1 Å². The van der Waals surface area contributed by atoms with Crippen molar-refractivity contribution in [2.45, 2.75) is 25.6 Å². The van der Waals surface area contributed by atoms with Gasteiger partial charge in [-0.1, -0.05) is 17.0 Å². The van der Waals surface area contributed by atoms with E-state index in [1.165, 1.54) is 22.7 Å². The van der Waals surface area contributed by atoms with Crippen molar-refractivity contribution >= 4 is 22.8 Å². The first-order valence-corrected chi connectivity index (χ1v) is 10.4. The molecule has 1 unspecified atom stereocenters. The number of likely N-dealkylation sites (tertiary alicyclic amines) is 1. The molecule has 34 heavy (non-hydrogen) atoms. The number of aromatic nitrogens is 6. The van der Waals surface area contributed by atoms with Gasteiger partial charge in [0, 0.05) is 43.2 Å². The summed E-state index contributed by atoms with van der Waals surface area (Å²) in [5.74, 6) is 6.18. The number of aliphatic hydroxyl groups is 2. The van der Waals surface area contributed by atoms with Crippen molar-refractivity contribution in [2.75, 3.05) is 18.8 Å². The van der Waals surface area contributed by atoms with Crippen LogP contribution in [0.15, 0.2) is 35.0 Å². The van der Waals surface area contributed by atoms with Crippen molar-refractivity contribution in [3.63, 3.8) is 0 Å². The van der Waals surface area contributed by atoms with Crippen molar-refractivity contribution in [2.24, 2.45) is 0 Å². The average molecular weight is 460 g/mol. The Morgan fingerprint density at radius 3 is 2.76 bits per heavy atom. The summed E-state index contributed by atoms with van der Waals surface area (Å²) in [6, 6.07) is 6.79. The number of amides is 1. The molecule has 12 heteroatoms. The molecule has 0 aliphatic carbocycles. The highest BCUT2D eigenvalue weighted by Crippen LogP contribution is 2.26. The summed E-state index contributed by atoms with van der Waals surface area (Å²) in [5.41, 5.74) is 5.44. The third kappa shape index (κ3) is 3.83. The Balaban J connectivity index is 1.59. The standard InChI is InChI=1S/C22H20N8O4/c1-12-25-20(28-34-12)22(2,33)7-5-13-3-4-15-16(9-13)30(17-6-8-24-21(23)26-17)27-18(15)19(32)29-10-14(31)11-29/h3-4,6,8-9,14,31,33H,10-11H2,1-2H3,(H2,23,24,26). The van der Waals surface area contributed by atoms with E-state index in [0.717, 1.165) is 0 Å². The smallest absolute Gasteiger partial charge is 0.275 e. The first-order valence-electron chi connectivity index (χ1n) is 10.4. The van der Waals surface area contributed by atoms with E-state index >= 15 is 0 Å². The molecule has 12 nitrogen and oxygen atoms in total. The Hall–Kier alpha value is -4.34. The van der Waals surface area contributed by atoms with Gasteiger partial charge in [-0.2, -0.15) is 15.1 Å². The highest BCUT2D eigenvalue weighted by Gasteiger charge is 2.32. The monoisotopic (exact) mass is 460 g/mol. The summed E-state index contributed by atoms with van der Waals surface area (Å²) in [6.07, 6.45) is 0.961. The Labute approximate surface area is 193 Å². The van der Waals surface area contributed by atoms with Crippen LogP contribution in [0.2, 0.25) is 0 Å². The van der Waals surface area contributed by atoms with Crippen molar-refractivity contribution in [1.82, 2.24) is 34.8 Å². The van der Waals surface area contributed by atoms with E-state index in [4.69, 9.17) is 10.3 Å². The number of benzene rings is 1. The third-order valence-corrected chi connectivity index (χ3v) is 5.32. The van der Waals surface area contributed by atoms with Gasteiger partial charge in [-0.25, -0.2) is 9.67 Å². The zero-order valence-electron chi connectivity index (χ0n) is 18.3. The molecule has 1 amide bonds. The summed E-state index contributed by atoms with van der Waals surface area (Å²) in [7, 11) is 0. The van der Waals surface area contributed by atoms with Crippen molar-refractivity contribution < 1.29 is 19.5 Å². The van der Waals surface area contributed by atoms with Gasteiger partial charge in [0.2, 0.25) is 17.7 Å². The number of nitrogens with zero attached hydrogens (tertiary/aromatic N) is 7. The number of carbonyl (C=O) groups is 1. The van der Waals surface area contributed by atoms with Gasteiger partial charge < -0.3 is 25.4 Å². The van der Waals surface area contributed by atoms with Crippen LogP contribution in [0.5, 0.6) is 0 Å². The topological polar surface area (TPSA) is 169 Å². The van der Waals surface area contributed by atoms with E-state index < -0.39 is 11.7 Å². The number of nitrogen functional groups attached to an aromatic ring is 1. The normalized spacial score (nSPS) is 15.5. The second kappa shape index (κ2) is 7.91. The molecule has 1 saturated heterocycles. The van der Waals surface area contributed by atoms with Crippen molar-refractivity contribution in [1.29, 1.82) is 0 Å². The molecule has 4 heterocycles. The second-order valence-electron chi connectivity index (χ2n) is 8.09. The van der Waals surface area contributed by atoms with Crippen LogP contribution >= 0.6 is 0 Å². The molecule has 0 spiro atoms. The molecule has 1 aliphatic heterocycles. The van der Waals surface area contributed by atoms with Gasteiger partial charge in [-0.05, 0) is 25.1 Å². The molecule has 1 aromatic carbocycles.